The van der Waals surface area contributed by atoms with E-state index in [1.54, 1.807) is 23.1 Å². The van der Waals surface area contributed by atoms with Crippen LogP contribution in [0.3, 0.4) is 0 Å². The van der Waals surface area contributed by atoms with Gasteiger partial charge in [-0.1, -0.05) is 0 Å². The number of aryl methyl sites for hydroxylation is 1. The van der Waals surface area contributed by atoms with E-state index in [4.69, 9.17) is 4.74 Å². The van der Waals surface area contributed by atoms with E-state index in [2.05, 4.69) is 0 Å². The number of anilines is 2. The summed E-state index contributed by atoms with van der Waals surface area (Å²) in [6.45, 7) is 2.05. The average Bonchev–Trinajstić information content (AvgIpc) is 2.74. The highest BCUT2D eigenvalue weighted by molar-refractivity contribution is 6.08. The Morgan fingerprint density at radius 2 is 1.87 bits per heavy atom. The number of benzene rings is 2. The Morgan fingerprint density at radius 1 is 1.07 bits per heavy atom. The molecule has 154 valence electrons. The number of fused-ring (bicyclic) bond motifs is 2. The Balaban J connectivity index is 1.62. The number of carbonyl (C=O) groups is 3. The van der Waals surface area contributed by atoms with Crippen LogP contribution in [0.4, 0.5) is 17.1 Å². The van der Waals surface area contributed by atoms with Crippen molar-refractivity contribution < 1.29 is 24.0 Å². The van der Waals surface area contributed by atoms with Crippen molar-refractivity contribution in [1.82, 2.24) is 0 Å². The molecule has 2 aromatic carbocycles. The fraction of sp³-hybridized carbons (Fsp3) is 0.286. The molecule has 0 unspecified atom stereocenters. The molecule has 2 amide bonds. The number of carbonyl (C=O) groups excluding carboxylic acids is 3. The van der Waals surface area contributed by atoms with E-state index < -0.39 is 4.92 Å². The van der Waals surface area contributed by atoms with E-state index >= 15 is 0 Å². The molecule has 0 atom stereocenters. The summed E-state index contributed by atoms with van der Waals surface area (Å²) in [5, 5.41) is 11.0. The second kappa shape index (κ2) is 7.58. The van der Waals surface area contributed by atoms with Gasteiger partial charge in [0.05, 0.1) is 17.2 Å². The minimum absolute atomic E-state index is 0.0423. The van der Waals surface area contributed by atoms with Crippen LogP contribution in [0.5, 0.6) is 5.75 Å². The lowest BCUT2D eigenvalue weighted by Gasteiger charge is -2.30. The molecule has 0 bridgehead atoms. The first-order valence-corrected chi connectivity index (χ1v) is 9.57. The summed E-state index contributed by atoms with van der Waals surface area (Å²) in [4.78, 5) is 51.0. The van der Waals surface area contributed by atoms with Gasteiger partial charge in [-0.15, -0.1) is 0 Å². The number of nitro benzene ring substituents is 1. The van der Waals surface area contributed by atoms with Gasteiger partial charge in [0, 0.05) is 36.3 Å². The molecule has 2 aliphatic heterocycles. The molecule has 4 rings (SSSR count). The third kappa shape index (κ3) is 3.38. The van der Waals surface area contributed by atoms with Crippen LogP contribution in [0.25, 0.3) is 0 Å². The van der Waals surface area contributed by atoms with Gasteiger partial charge in [0.15, 0.2) is 12.4 Å². The monoisotopic (exact) mass is 409 g/mol. The van der Waals surface area contributed by atoms with E-state index in [-0.39, 0.29) is 42.9 Å². The molecule has 0 aromatic heterocycles. The minimum Gasteiger partial charge on any atom is -0.482 e. The fourth-order valence-electron chi connectivity index (χ4n) is 3.79. The molecule has 2 aromatic rings. The molecular formula is C21H19N3O6. The molecule has 0 saturated carbocycles. The number of Topliss-reactive ketones (excluding diaryl/α,β-unsaturated/α-hetero) is 1. The van der Waals surface area contributed by atoms with Crippen molar-refractivity contribution >= 4 is 34.7 Å². The number of ether oxygens (including phenoxy) is 1. The number of rotatable bonds is 5. The summed E-state index contributed by atoms with van der Waals surface area (Å²) in [6, 6.07) is 9.14. The smallest absolute Gasteiger partial charge is 0.269 e. The highest BCUT2D eigenvalue weighted by Crippen LogP contribution is 2.34. The largest absolute Gasteiger partial charge is 0.482 e. The van der Waals surface area contributed by atoms with Crippen molar-refractivity contribution in [2.24, 2.45) is 0 Å². The lowest BCUT2D eigenvalue weighted by molar-refractivity contribution is -0.384. The van der Waals surface area contributed by atoms with E-state index in [9.17, 15) is 24.5 Å². The summed E-state index contributed by atoms with van der Waals surface area (Å²) in [6.07, 6.45) is 0.571. The number of hydrogen-bond donors (Lipinski definition) is 0. The van der Waals surface area contributed by atoms with Crippen LogP contribution in [-0.4, -0.2) is 42.2 Å². The third-order valence-electron chi connectivity index (χ3n) is 5.32. The number of hydrogen-bond acceptors (Lipinski definition) is 6. The van der Waals surface area contributed by atoms with E-state index in [0.29, 0.717) is 41.2 Å². The highest BCUT2D eigenvalue weighted by Gasteiger charge is 2.29. The van der Waals surface area contributed by atoms with E-state index in [1.165, 1.54) is 23.1 Å². The molecule has 0 N–H and O–H groups in total. The van der Waals surface area contributed by atoms with Crippen molar-refractivity contribution in [1.29, 1.82) is 0 Å². The van der Waals surface area contributed by atoms with E-state index in [0.717, 1.165) is 0 Å². The van der Waals surface area contributed by atoms with Gasteiger partial charge in [0.1, 0.15) is 5.75 Å². The van der Waals surface area contributed by atoms with Crippen molar-refractivity contribution in [2.75, 3.05) is 29.5 Å². The number of amides is 2. The third-order valence-corrected chi connectivity index (χ3v) is 5.32. The van der Waals surface area contributed by atoms with Crippen LogP contribution in [0.15, 0.2) is 36.4 Å². The molecule has 0 radical (unpaired) electrons. The summed E-state index contributed by atoms with van der Waals surface area (Å²) < 4.78 is 5.42. The first kappa shape index (κ1) is 19.6. The molecule has 0 aliphatic carbocycles. The van der Waals surface area contributed by atoms with Crippen molar-refractivity contribution in [3.05, 3.63) is 57.6 Å². The number of nitro groups is 1. The zero-order valence-electron chi connectivity index (χ0n) is 16.3. The van der Waals surface area contributed by atoms with Gasteiger partial charge in [0.2, 0.25) is 5.91 Å². The Morgan fingerprint density at radius 3 is 2.60 bits per heavy atom. The molecule has 0 fully saturated rings. The Bertz CT molecular complexity index is 1080. The van der Waals surface area contributed by atoms with Crippen LogP contribution < -0.4 is 14.5 Å². The van der Waals surface area contributed by atoms with Crippen LogP contribution in [0.1, 0.15) is 29.3 Å². The topological polar surface area (TPSA) is 110 Å². The molecule has 2 aliphatic rings. The second-order valence-electron chi connectivity index (χ2n) is 7.08. The minimum atomic E-state index is -0.484. The fourth-order valence-corrected chi connectivity index (χ4v) is 3.79. The molecule has 0 spiro atoms. The average molecular weight is 409 g/mol. The van der Waals surface area contributed by atoms with Crippen LogP contribution in [-0.2, 0) is 16.0 Å². The van der Waals surface area contributed by atoms with Gasteiger partial charge in [0.25, 0.3) is 11.6 Å². The van der Waals surface area contributed by atoms with Crippen LogP contribution >= 0.6 is 0 Å². The van der Waals surface area contributed by atoms with Gasteiger partial charge in [-0.25, -0.2) is 0 Å². The zero-order chi connectivity index (χ0) is 21.4. The molecule has 2 heterocycles. The summed E-state index contributed by atoms with van der Waals surface area (Å²) in [7, 11) is 0. The molecular weight excluding hydrogens is 390 g/mol. The van der Waals surface area contributed by atoms with Gasteiger partial charge in [-0.05, 0) is 43.2 Å². The predicted molar refractivity (Wildman–Crippen MR) is 108 cm³/mol. The maximum atomic E-state index is 13.0. The van der Waals surface area contributed by atoms with Gasteiger partial charge >= 0.3 is 0 Å². The van der Waals surface area contributed by atoms with Crippen molar-refractivity contribution in [3.63, 3.8) is 0 Å². The van der Waals surface area contributed by atoms with E-state index in [1.807, 2.05) is 6.92 Å². The first-order valence-electron chi connectivity index (χ1n) is 9.57. The quantitative estimate of drug-likeness (QED) is 0.426. The molecule has 9 heteroatoms. The number of nitrogens with zero attached hydrogens (tertiary/aromatic N) is 3. The standard InChI is InChI=1S/C21H19N3O6/c1-2-22-17-10-14(3-7-19(17)30-12-21(22)27)18(25)11-23-16-6-5-15(24(28)29)9-13(16)4-8-20(23)26/h3,5-7,9-10H,2,4,8,11-12H2,1H3. The Hall–Kier alpha value is -3.75. The Kier molecular flexibility index (Phi) is 4.94. The number of likely N-dealkylation sites (N-methyl/N-ethyl adjacent to an activating group) is 1. The zero-order valence-corrected chi connectivity index (χ0v) is 16.3. The molecule has 0 saturated heterocycles. The summed E-state index contributed by atoms with van der Waals surface area (Å²) in [5.74, 6) is -0.168. The maximum Gasteiger partial charge on any atom is 0.269 e. The SMILES string of the molecule is CCN1C(=O)COc2ccc(C(=O)CN3C(=O)CCc4cc([N+](=O)[O-])ccc43)cc21. The van der Waals surface area contributed by atoms with Gasteiger partial charge < -0.3 is 14.5 Å². The summed E-state index contributed by atoms with van der Waals surface area (Å²) in [5.41, 5.74) is 2.01. The van der Waals surface area contributed by atoms with Crippen LogP contribution in [0.2, 0.25) is 0 Å². The number of ketones is 1. The lowest BCUT2D eigenvalue weighted by Crippen LogP contribution is -2.40. The normalized spacial score (nSPS) is 15.4. The second-order valence-corrected chi connectivity index (χ2v) is 7.08. The van der Waals surface area contributed by atoms with Crippen LogP contribution in [0, 0.1) is 10.1 Å². The molecule has 9 nitrogen and oxygen atoms in total. The van der Waals surface area contributed by atoms with Crippen molar-refractivity contribution in [3.8, 4) is 5.75 Å². The molecule has 30 heavy (non-hydrogen) atoms. The first-order chi connectivity index (χ1) is 14.4. The lowest BCUT2D eigenvalue weighted by atomic mass is 9.99. The van der Waals surface area contributed by atoms with Gasteiger partial charge in [-0.3, -0.25) is 24.5 Å². The van der Waals surface area contributed by atoms with Gasteiger partial charge in [-0.2, -0.15) is 0 Å². The van der Waals surface area contributed by atoms with Crippen molar-refractivity contribution in [2.45, 2.75) is 19.8 Å². The summed E-state index contributed by atoms with van der Waals surface area (Å²) >= 11 is 0. The predicted octanol–water partition coefficient (Wildman–Crippen LogP) is 2.50. The Labute approximate surface area is 172 Å². The number of non-ortho nitro benzene ring substituents is 1. The highest BCUT2D eigenvalue weighted by atomic mass is 16.6. The maximum absolute atomic E-state index is 13.0.